The van der Waals surface area contributed by atoms with Crippen LogP contribution in [0.2, 0.25) is 5.02 Å². The molecule has 0 radical (unpaired) electrons. The minimum Gasteiger partial charge on any atom is -0.497 e. The number of hydrogen-bond acceptors (Lipinski definition) is 5. The number of methoxy groups -OCH3 is 1. The highest BCUT2D eigenvalue weighted by atomic mass is 35.5. The summed E-state index contributed by atoms with van der Waals surface area (Å²) in [6.45, 7) is 1.16. The first-order valence-electron chi connectivity index (χ1n) is 11.2. The SMILES string of the molecule is COc1ccc2c(C(=O)c3ccc(Cl)cc3)cn(CCC(=O)N(CC3CC3)c3nccs3)c2c1. The standard InChI is InChI=1S/C26H24ClN3O3S/c1-33-20-8-9-21-22(25(32)18-4-6-19(27)7-5-18)16-29(23(21)14-20)12-10-24(31)30(15-17-2-3-17)26-28-11-13-34-26/h4-9,11,13-14,16-17H,2-3,10,12,15H2,1H3. The lowest BCUT2D eigenvalue weighted by Crippen LogP contribution is -2.33. The second-order valence-electron chi connectivity index (χ2n) is 8.47. The van der Waals surface area contributed by atoms with E-state index in [-0.39, 0.29) is 11.7 Å². The van der Waals surface area contributed by atoms with Crippen LogP contribution in [0.1, 0.15) is 35.2 Å². The van der Waals surface area contributed by atoms with E-state index in [0.717, 1.165) is 28.9 Å². The summed E-state index contributed by atoms with van der Waals surface area (Å²) in [5, 5.41) is 4.04. The summed E-state index contributed by atoms with van der Waals surface area (Å²) in [6, 6.07) is 12.5. The highest BCUT2D eigenvalue weighted by Gasteiger charge is 2.29. The normalized spacial score (nSPS) is 13.2. The molecule has 1 fully saturated rings. The molecule has 1 aliphatic rings. The lowest BCUT2D eigenvalue weighted by molar-refractivity contribution is -0.118. The van der Waals surface area contributed by atoms with Gasteiger partial charge in [0.1, 0.15) is 5.75 Å². The van der Waals surface area contributed by atoms with Crippen LogP contribution < -0.4 is 9.64 Å². The van der Waals surface area contributed by atoms with E-state index < -0.39 is 0 Å². The highest BCUT2D eigenvalue weighted by molar-refractivity contribution is 7.13. The van der Waals surface area contributed by atoms with Gasteiger partial charge in [0.2, 0.25) is 5.91 Å². The van der Waals surface area contributed by atoms with E-state index in [1.165, 1.54) is 11.3 Å². The molecule has 1 aliphatic carbocycles. The van der Waals surface area contributed by atoms with Gasteiger partial charge in [-0.05, 0) is 55.2 Å². The van der Waals surface area contributed by atoms with Crippen LogP contribution in [0.15, 0.2) is 60.2 Å². The summed E-state index contributed by atoms with van der Waals surface area (Å²) in [4.78, 5) is 32.7. The third kappa shape index (κ3) is 4.72. The third-order valence-electron chi connectivity index (χ3n) is 6.10. The van der Waals surface area contributed by atoms with Crippen molar-refractivity contribution < 1.29 is 14.3 Å². The van der Waals surface area contributed by atoms with Gasteiger partial charge in [-0.1, -0.05) is 11.6 Å². The van der Waals surface area contributed by atoms with E-state index in [1.807, 2.05) is 39.2 Å². The van der Waals surface area contributed by atoms with Gasteiger partial charge in [0.15, 0.2) is 10.9 Å². The molecule has 0 unspecified atom stereocenters. The molecule has 4 aromatic rings. The summed E-state index contributed by atoms with van der Waals surface area (Å²) in [5.74, 6) is 1.21. The largest absolute Gasteiger partial charge is 0.497 e. The average molecular weight is 494 g/mol. The maximum absolute atomic E-state index is 13.3. The Morgan fingerprint density at radius 3 is 2.68 bits per heavy atom. The van der Waals surface area contributed by atoms with Gasteiger partial charge in [-0.15, -0.1) is 11.3 Å². The molecular weight excluding hydrogens is 470 g/mol. The summed E-state index contributed by atoms with van der Waals surface area (Å²) in [5.41, 5.74) is 2.00. The minimum absolute atomic E-state index is 0.0390. The molecular formula is C26H24ClN3O3S. The van der Waals surface area contributed by atoms with Crippen LogP contribution >= 0.6 is 22.9 Å². The smallest absolute Gasteiger partial charge is 0.230 e. The Morgan fingerprint density at radius 2 is 2.00 bits per heavy atom. The van der Waals surface area contributed by atoms with Crippen molar-refractivity contribution in [2.45, 2.75) is 25.8 Å². The number of rotatable bonds is 9. The number of thiazole rings is 1. The van der Waals surface area contributed by atoms with Crippen LogP contribution in [0.4, 0.5) is 5.13 Å². The van der Waals surface area contributed by atoms with Crippen molar-refractivity contribution in [3.05, 3.63) is 76.4 Å². The third-order valence-corrected chi connectivity index (χ3v) is 7.14. The fourth-order valence-corrected chi connectivity index (χ4v) is 4.86. The number of hydrogen-bond donors (Lipinski definition) is 0. The van der Waals surface area contributed by atoms with E-state index in [0.29, 0.717) is 47.3 Å². The average Bonchev–Trinajstić information content (AvgIpc) is 3.37. The zero-order valence-electron chi connectivity index (χ0n) is 18.7. The predicted octanol–water partition coefficient (Wildman–Crippen LogP) is 5.82. The number of aryl methyl sites for hydroxylation is 1. The molecule has 0 aliphatic heterocycles. The van der Waals surface area contributed by atoms with Crippen LogP contribution in [0, 0.1) is 5.92 Å². The maximum atomic E-state index is 13.3. The van der Waals surface area contributed by atoms with Gasteiger partial charge in [-0.25, -0.2) is 4.98 Å². The topological polar surface area (TPSA) is 64.4 Å². The summed E-state index contributed by atoms with van der Waals surface area (Å²) in [6.07, 6.45) is 6.19. The Hall–Kier alpha value is -3.16. The molecule has 2 aromatic heterocycles. The molecule has 34 heavy (non-hydrogen) atoms. The summed E-state index contributed by atoms with van der Waals surface area (Å²) in [7, 11) is 1.61. The van der Waals surface area contributed by atoms with E-state index in [2.05, 4.69) is 4.98 Å². The maximum Gasteiger partial charge on any atom is 0.230 e. The minimum atomic E-state index is -0.0879. The number of carbonyl (C=O) groups is 2. The lowest BCUT2D eigenvalue weighted by Gasteiger charge is -2.20. The van der Waals surface area contributed by atoms with Crippen molar-refractivity contribution in [1.29, 1.82) is 0 Å². The molecule has 1 saturated carbocycles. The Morgan fingerprint density at radius 1 is 1.21 bits per heavy atom. The molecule has 2 aromatic carbocycles. The van der Waals surface area contributed by atoms with Crippen molar-refractivity contribution in [3.8, 4) is 5.75 Å². The second-order valence-corrected chi connectivity index (χ2v) is 9.78. The number of anilines is 1. The number of halogens is 1. The molecule has 174 valence electrons. The Balaban J connectivity index is 1.43. The number of ketones is 1. The van der Waals surface area contributed by atoms with E-state index in [9.17, 15) is 9.59 Å². The van der Waals surface area contributed by atoms with Gasteiger partial charge in [0, 0.05) is 64.9 Å². The van der Waals surface area contributed by atoms with Gasteiger partial charge >= 0.3 is 0 Å². The fourth-order valence-electron chi connectivity index (χ4n) is 4.07. The van der Waals surface area contributed by atoms with Crippen molar-refractivity contribution in [2.24, 2.45) is 5.92 Å². The number of benzene rings is 2. The molecule has 8 heteroatoms. The Labute approximate surface area is 206 Å². The van der Waals surface area contributed by atoms with Crippen LogP contribution in [0.25, 0.3) is 10.9 Å². The number of carbonyl (C=O) groups excluding carboxylic acids is 2. The van der Waals surface area contributed by atoms with Crippen molar-refractivity contribution in [1.82, 2.24) is 9.55 Å². The zero-order valence-corrected chi connectivity index (χ0v) is 20.3. The molecule has 0 spiro atoms. The van der Waals surface area contributed by atoms with E-state index >= 15 is 0 Å². The monoisotopic (exact) mass is 493 g/mol. The highest BCUT2D eigenvalue weighted by Crippen LogP contribution is 2.33. The van der Waals surface area contributed by atoms with E-state index in [1.54, 1.807) is 37.6 Å². The molecule has 0 atom stereocenters. The molecule has 5 rings (SSSR count). The number of aromatic nitrogens is 2. The van der Waals surface area contributed by atoms with Crippen LogP contribution in [-0.2, 0) is 11.3 Å². The van der Waals surface area contributed by atoms with Gasteiger partial charge in [-0.2, -0.15) is 0 Å². The number of fused-ring (bicyclic) bond motifs is 1. The van der Waals surface area contributed by atoms with Gasteiger partial charge in [0.25, 0.3) is 0 Å². The molecule has 2 heterocycles. The first kappa shape index (κ1) is 22.6. The Bertz CT molecular complexity index is 1330. The van der Waals surface area contributed by atoms with Crippen LogP contribution in [-0.4, -0.2) is 34.9 Å². The lowest BCUT2D eigenvalue weighted by atomic mass is 10.0. The number of nitrogens with zero attached hydrogens (tertiary/aromatic N) is 3. The van der Waals surface area contributed by atoms with Crippen LogP contribution in [0.3, 0.4) is 0 Å². The van der Waals surface area contributed by atoms with Gasteiger partial charge < -0.3 is 9.30 Å². The zero-order chi connectivity index (χ0) is 23.7. The first-order chi connectivity index (χ1) is 16.5. The molecule has 1 amide bonds. The van der Waals surface area contributed by atoms with Gasteiger partial charge in [-0.3, -0.25) is 14.5 Å². The van der Waals surface area contributed by atoms with Crippen molar-refractivity contribution >= 4 is 50.7 Å². The Kier molecular flexibility index (Phi) is 6.39. The quantitative estimate of drug-likeness (QED) is 0.275. The second kappa shape index (κ2) is 9.60. The number of ether oxygens (including phenoxy) is 1. The fraction of sp³-hybridized carbons (Fsp3) is 0.269. The number of amides is 1. The molecule has 6 nitrogen and oxygen atoms in total. The predicted molar refractivity (Wildman–Crippen MR) is 135 cm³/mol. The summed E-state index contributed by atoms with van der Waals surface area (Å²) >= 11 is 7.48. The first-order valence-corrected chi connectivity index (χ1v) is 12.5. The molecule has 0 N–H and O–H groups in total. The molecule has 0 bridgehead atoms. The van der Waals surface area contributed by atoms with Crippen molar-refractivity contribution in [2.75, 3.05) is 18.6 Å². The van der Waals surface area contributed by atoms with Crippen LogP contribution in [0.5, 0.6) is 5.75 Å². The van der Waals surface area contributed by atoms with Crippen molar-refractivity contribution in [3.63, 3.8) is 0 Å². The van der Waals surface area contributed by atoms with E-state index in [4.69, 9.17) is 16.3 Å². The van der Waals surface area contributed by atoms with Gasteiger partial charge in [0.05, 0.1) is 12.6 Å². The summed E-state index contributed by atoms with van der Waals surface area (Å²) < 4.78 is 7.38. The molecule has 0 saturated heterocycles.